The summed E-state index contributed by atoms with van der Waals surface area (Å²) in [6.45, 7) is 8.96. The molecule has 0 aromatic heterocycles. The van der Waals surface area contributed by atoms with E-state index in [1.807, 2.05) is 0 Å². The maximum atomic E-state index is 10.5. The highest BCUT2D eigenvalue weighted by Crippen LogP contribution is 2.32. The monoisotopic (exact) mass is 290 g/mol. The quantitative estimate of drug-likeness (QED) is 0.561. The van der Waals surface area contributed by atoms with Gasteiger partial charge in [-0.15, -0.1) is 0 Å². The molecule has 21 heavy (non-hydrogen) atoms. The maximum absolute atomic E-state index is 10.5. The third-order valence-electron chi connectivity index (χ3n) is 4.32. The molecule has 0 aliphatic rings. The van der Waals surface area contributed by atoms with Gasteiger partial charge in [0.1, 0.15) is 5.75 Å². The Hall–Kier alpha value is -0.980. The van der Waals surface area contributed by atoms with E-state index in [9.17, 15) is 5.11 Å². The van der Waals surface area contributed by atoms with Gasteiger partial charge in [-0.25, -0.2) is 0 Å². The largest absolute Gasteiger partial charge is 0.508 e. The molecule has 0 heterocycles. The summed E-state index contributed by atoms with van der Waals surface area (Å²) in [5.41, 5.74) is 5.67. The molecule has 1 aromatic rings. The van der Waals surface area contributed by atoms with Crippen molar-refractivity contribution in [3.8, 4) is 5.75 Å². The van der Waals surface area contributed by atoms with E-state index in [1.165, 1.54) is 48.8 Å². The molecule has 0 atom stereocenters. The molecule has 1 N–H and O–H groups in total. The topological polar surface area (TPSA) is 20.2 Å². The third kappa shape index (κ3) is 5.05. The molecule has 0 unspecified atom stereocenters. The van der Waals surface area contributed by atoms with E-state index in [1.54, 1.807) is 5.56 Å². The van der Waals surface area contributed by atoms with Crippen LogP contribution in [0, 0.1) is 0 Å². The highest BCUT2D eigenvalue weighted by atomic mass is 16.3. The molecule has 0 fully saturated rings. The number of phenols is 1. The highest BCUT2D eigenvalue weighted by Gasteiger charge is 2.16. The standard InChI is InChI=1S/C20H34O/c1-5-9-13-18-17(12-8-4)16(11-7-3)15-20(21)19(18)14-10-6-2/h15,21H,5-14H2,1-4H3. The Morgan fingerprint density at radius 1 is 0.667 bits per heavy atom. The fraction of sp³-hybridized carbons (Fsp3) is 0.700. The summed E-state index contributed by atoms with van der Waals surface area (Å²) < 4.78 is 0. The first-order valence-electron chi connectivity index (χ1n) is 9.04. The minimum Gasteiger partial charge on any atom is -0.508 e. The number of hydrogen-bond donors (Lipinski definition) is 1. The van der Waals surface area contributed by atoms with Gasteiger partial charge in [-0.2, -0.15) is 0 Å². The van der Waals surface area contributed by atoms with Crippen LogP contribution >= 0.6 is 0 Å². The average molecular weight is 290 g/mol. The van der Waals surface area contributed by atoms with E-state index in [0.717, 1.165) is 32.1 Å². The van der Waals surface area contributed by atoms with Crippen LogP contribution in [-0.2, 0) is 25.7 Å². The number of aryl methyl sites for hydroxylation is 1. The lowest BCUT2D eigenvalue weighted by Crippen LogP contribution is -2.06. The zero-order valence-corrected chi connectivity index (χ0v) is 14.6. The summed E-state index contributed by atoms with van der Waals surface area (Å²) in [6.07, 6.45) is 11.6. The van der Waals surface area contributed by atoms with Crippen LogP contribution in [-0.4, -0.2) is 5.11 Å². The van der Waals surface area contributed by atoms with Crippen molar-refractivity contribution in [2.24, 2.45) is 0 Å². The molecule has 0 spiro atoms. The Morgan fingerprint density at radius 3 is 1.76 bits per heavy atom. The average Bonchev–Trinajstić information content (AvgIpc) is 2.47. The zero-order chi connectivity index (χ0) is 15.7. The lowest BCUT2D eigenvalue weighted by Gasteiger charge is -2.20. The van der Waals surface area contributed by atoms with Crippen LogP contribution in [0.1, 0.15) is 88.5 Å². The minimum atomic E-state index is 0.554. The number of rotatable bonds is 10. The van der Waals surface area contributed by atoms with Crippen molar-refractivity contribution in [3.63, 3.8) is 0 Å². The molecule has 0 radical (unpaired) electrons. The molecule has 0 aliphatic carbocycles. The Labute approximate surface area is 131 Å². The van der Waals surface area contributed by atoms with Crippen LogP contribution in [0.25, 0.3) is 0 Å². The van der Waals surface area contributed by atoms with Crippen molar-refractivity contribution in [2.75, 3.05) is 0 Å². The summed E-state index contributed by atoms with van der Waals surface area (Å²) >= 11 is 0. The molecular formula is C20H34O. The highest BCUT2D eigenvalue weighted by molar-refractivity contribution is 5.49. The molecular weight excluding hydrogens is 256 g/mol. The second-order valence-corrected chi connectivity index (χ2v) is 6.20. The molecule has 1 heteroatoms. The van der Waals surface area contributed by atoms with Crippen molar-refractivity contribution in [1.82, 2.24) is 0 Å². The molecule has 0 saturated carbocycles. The summed E-state index contributed by atoms with van der Waals surface area (Å²) in [7, 11) is 0. The number of hydrogen-bond acceptors (Lipinski definition) is 1. The predicted molar refractivity (Wildman–Crippen MR) is 93.3 cm³/mol. The van der Waals surface area contributed by atoms with Gasteiger partial charge in [-0.3, -0.25) is 0 Å². The molecule has 1 aromatic carbocycles. The van der Waals surface area contributed by atoms with Crippen LogP contribution < -0.4 is 0 Å². The van der Waals surface area contributed by atoms with E-state index < -0.39 is 0 Å². The van der Waals surface area contributed by atoms with Gasteiger partial charge < -0.3 is 5.11 Å². The number of phenolic OH excluding ortho intramolecular Hbond substituents is 1. The van der Waals surface area contributed by atoms with Crippen LogP contribution in [0.5, 0.6) is 5.75 Å². The summed E-state index contributed by atoms with van der Waals surface area (Å²) in [6, 6.07) is 2.06. The van der Waals surface area contributed by atoms with E-state index in [-0.39, 0.29) is 0 Å². The third-order valence-corrected chi connectivity index (χ3v) is 4.32. The van der Waals surface area contributed by atoms with Crippen molar-refractivity contribution < 1.29 is 5.11 Å². The lowest BCUT2D eigenvalue weighted by atomic mass is 9.86. The Kier molecular flexibility index (Phi) is 8.49. The van der Waals surface area contributed by atoms with Gasteiger partial charge in [0.15, 0.2) is 0 Å². The van der Waals surface area contributed by atoms with Gasteiger partial charge in [-0.05, 0) is 66.8 Å². The molecule has 0 amide bonds. The van der Waals surface area contributed by atoms with Crippen LogP contribution in [0.2, 0.25) is 0 Å². The van der Waals surface area contributed by atoms with E-state index in [2.05, 4.69) is 33.8 Å². The second-order valence-electron chi connectivity index (χ2n) is 6.20. The summed E-state index contributed by atoms with van der Waals surface area (Å²) in [5, 5.41) is 10.5. The Balaban J connectivity index is 3.29. The zero-order valence-electron chi connectivity index (χ0n) is 14.6. The van der Waals surface area contributed by atoms with Gasteiger partial charge in [0.05, 0.1) is 0 Å². The Morgan fingerprint density at radius 2 is 1.24 bits per heavy atom. The first kappa shape index (κ1) is 18.1. The normalized spacial score (nSPS) is 11.0. The van der Waals surface area contributed by atoms with Gasteiger partial charge in [0.2, 0.25) is 0 Å². The van der Waals surface area contributed by atoms with Gasteiger partial charge in [0.25, 0.3) is 0 Å². The van der Waals surface area contributed by atoms with Crippen molar-refractivity contribution in [3.05, 3.63) is 28.3 Å². The predicted octanol–water partition coefficient (Wildman–Crippen LogP) is 5.98. The maximum Gasteiger partial charge on any atom is 0.119 e. The molecule has 0 bridgehead atoms. The van der Waals surface area contributed by atoms with Crippen LogP contribution in [0.4, 0.5) is 0 Å². The summed E-state index contributed by atoms with van der Waals surface area (Å²) in [4.78, 5) is 0. The fourth-order valence-corrected chi connectivity index (χ4v) is 3.21. The fourth-order valence-electron chi connectivity index (χ4n) is 3.21. The van der Waals surface area contributed by atoms with Gasteiger partial charge in [0, 0.05) is 0 Å². The first-order valence-corrected chi connectivity index (χ1v) is 9.04. The molecule has 1 nitrogen and oxygen atoms in total. The van der Waals surface area contributed by atoms with Gasteiger partial charge >= 0.3 is 0 Å². The van der Waals surface area contributed by atoms with Crippen LogP contribution in [0.15, 0.2) is 6.07 Å². The molecule has 0 aliphatic heterocycles. The lowest BCUT2D eigenvalue weighted by molar-refractivity contribution is 0.463. The van der Waals surface area contributed by atoms with E-state index >= 15 is 0 Å². The van der Waals surface area contributed by atoms with Crippen LogP contribution in [0.3, 0.4) is 0 Å². The number of aromatic hydroxyl groups is 1. The van der Waals surface area contributed by atoms with Crippen molar-refractivity contribution >= 4 is 0 Å². The van der Waals surface area contributed by atoms with Crippen molar-refractivity contribution in [1.29, 1.82) is 0 Å². The number of benzene rings is 1. The SMILES string of the molecule is CCCCc1c(O)cc(CCC)c(CCC)c1CCCC. The van der Waals surface area contributed by atoms with E-state index in [4.69, 9.17) is 0 Å². The number of unbranched alkanes of at least 4 members (excludes halogenated alkanes) is 2. The Bertz CT molecular complexity index is 420. The van der Waals surface area contributed by atoms with Crippen molar-refractivity contribution in [2.45, 2.75) is 91.9 Å². The summed E-state index contributed by atoms with van der Waals surface area (Å²) in [5.74, 6) is 0.554. The molecule has 1 rings (SSSR count). The smallest absolute Gasteiger partial charge is 0.119 e. The molecule has 120 valence electrons. The van der Waals surface area contributed by atoms with Gasteiger partial charge in [-0.1, -0.05) is 53.4 Å². The van der Waals surface area contributed by atoms with E-state index in [0.29, 0.717) is 5.75 Å². The molecule has 0 saturated heterocycles. The minimum absolute atomic E-state index is 0.554. The first-order chi connectivity index (χ1) is 10.2. The second kappa shape index (κ2) is 9.87.